The SMILES string of the molecule is COc1cc(N2CCS(=O)(=O)CC2)ccc1Nc1ncc2cc(-c3cnn(C4CCCCO4)c3)n(C3CCCCC3)c2n1. The highest BCUT2D eigenvalue weighted by Crippen LogP contribution is 2.38. The number of fused-ring (bicyclic) bond motifs is 1. The van der Waals surface area contributed by atoms with Crippen molar-refractivity contribution in [1.29, 1.82) is 0 Å². The summed E-state index contributed by atoms with van der Waals surface area (Å²) in [5, 5.41) is 9.07. The van der Waals surface area contributed by atoms with Crippen molar-refractivity contribution >= 4 is 38.2 Å². The molecule has 1 N–H and O–H groups in total. The lowest BCUT2D eigenvalue weighted by Gasteiger charge is -2.29. The number of nitrogens with one attached hydrogen (secondary N) is 1. The third kappa shape index (κ3) is 5.82. The molecule has 0 bridgehead atoms. The number of hydrogen-bond donors (Lipinski definition) is 1. The van der Waals surface area contributed by atoms with Crippen LogP contribution in [-0.4, -0.2) is 71.0 Å². The summed E-state index contributed by atoms with van der Waals surface area (Å²) in [4.78, 5) is 11.8. The Balaban J connectivity index is 1.20. The second-order valence-corrected chi connectivity index (χ2v) is 14.1. The van der Waals surface area contributed by atoms with Gasteiger partial charge in [-0.2, -0.15) is 10.1 Å². The van der Waals surface area contributed by atoms with Gasteiger partial charge in [-0.1, -0.05) is 19.3 Å². The molecular weight excluding hydrogens is 566 g/mol. The Kier molecular flexibility index (Phi) is 7.72. The zero-order valence-electron chi connectivity index (χ0n) is 24.6. The summed E-state index contributed by atoms with van der Waals surface area (Å²) in [6.45, 7) is 1.74. The Morgan fingerprint density at radius 2 is 1.81 bits per heavy atom. The van der Waals surface area contributed by atoms with Gasteiger partial charge in [0.15, 0.2) is 9.84 Å². The van der Waals surface area contributed by atoms with Crippen LogP contribution in [0.1, 0.15) is 63.6 Å². The van der Waals surface area contributed by atoms with Crippen LogP contribution in [0.4, 0.5) is 17.3 Å². The third-order valence-electron chi connectivity index (χ3n) is 9.00. The van der Waals surface area contributed by atoms with Crippen molar-refractivity contribution in [1.82, 2.24) is 24.3 Å². The lowest BCUT2D eigenvalue weighted by Crippen LogP contribution is -2.40. The average Bonchev–Trinajstić information content (AvgIpc) is 3.67. The molecule has 3 aliphatic rings. The Labute approximate surface area is 252 Å². The van der Waals surface area contributed by atoms with Crippen molar-refractivity contribution in [3.63, 3.8) is 0 Å². The summed E-state index contributed by atoms with van der Waals surface area (Å²) in [6, 6.07) is 8.41. The smallest absolute Gasteiger partial charge is 0.229 e. The van der Waals surface area contributed by atoms with Crippen molar-refractivity contribution in [2.75, 3.05) is 48.5 Å². The van der Waals surface area contributed by atoms with E-state index in [0.29, 0.717) is 30.8 Å². The standard InChI is InChI=1S/C31H39N7O4S/c1-41-28-18-25(36-12-15-43(39,40)16-13-36)10-11-26(28)34-31-32-19-22-17-27(38(30(22)35-31)24-7-3-2-4-8-24)23-20-33-37(21-23)29-9-5-6-14-42-29/h10-11,17-21,24,29H,2-9,12-16H2,1H3,(H,32,34,35). The van der Waals surface area contributed by atoms with Gasteiger partial charge >= 0.3 is 0 Å². The van der Waals surface area contributed by atoms with E-state index in [9.17, 15) is 8.42 Å². The first-order valence-corrected chi connectivity index (χ1v) is 17.2. The first-order chi connectivity index (χ1) is 21.0. The molecule has 4 aromatic rings. The minimum Gasteiger partial charge on any atom is -0.494 e. The maximum absolute atomic E-state index is 11.9. The van der Waals surface area contributed by atoms with E-state index < -0.39 is 9.84 Å². The quantitative estimate of drug-likeness (QED) is 0.292. The second kappa shape index (κ2) is 11.8. The highest BCUT2D eigenvalue weighted by molar-refractivity contribution is 7.91. The molecule has 2 aliphatic heterocycles. The molecule has 1 aliphatic carbocycles. The Bertz CT molecular complexity index is 1690. The van der Waals surface area contributed by atoms with Crippen molar-refractivity contribution in [2.45, 2.75) is 63.6 Å². The molecule has 11 nitrogen and oxygen atoms in total. The fourth-order valence-corrected chi connectivity index (χ4v) is 7.83. The minimum absolute atomic E-state index is 0.00470. The molecule has 0 spiro atoms. The zero-order chi connectivity index (χ0) is 29.4. The van der Waals surface area contributed by atoms with Gasteiger partial charge in [0.2, 0.25) is 5.95 Å². The molecule has 1 saturated carbocycles. The van der Waals surface area contributed by atoms with Gasteiger partial charge < -0.3 is 24.3 Å². The van der Waals surface area contributed by atoms with Crippen LogP contribution in [0.25, 0.3) is 22.3 Å². The second-order valence-electron chi connectivity index (χ2n) is 11.8. The summed E-state index contributed by atoms with van der Waals surface area (Å²) >= 11 is 0. The molecule has 2 saturated heterocycles. The van der Waals surface area contributed by atoms with Crippen LogP contribution >= 0.6 is 0 Å². The Morgan fingerprint density at radius 3 is 2.58 bits per heavy atom. The first-order valence-electron chi connectivity index (χ1n) is 15.4. The lowest BCUT2D eigenvalue weighted by molar-refractivity contribution is -0.0394. The molecule has 1 unspecified atom stereocenters. The van der Waals surface area contributed by atoms with Crippen molar-refractivity contribution in [2.24, 2.45) is 0 Å². The number of aromatic nitrogens is 5. The van der Waals surface area contributed by atoms with E-state index in [2.05, 4.69) is 32.0 Å². The van der Waals surface area contributed by atoms with E-state index >= 15 is 0 Å². The lowest BCUT2D eigenvalue weighted by atomic mass is 9.95. The van der Waals surface area contributed by atoms with E-state index in [0.717, 1.165) is 72.4 Å². The van der Waals surface area contributed by atoms with Gasteiger partial charge in [0.05, 0.1) is 36.2 Å². The number of ether oxygens (including phenoxy) is 2. The Morgan fingerprint density at radius 1 is 1.00 bits per heavy atom. The van der Waals surface area contributed by atoms with Gasteiger partial charge in [0.1, 0.15) is 17.6 Å². The number of hydrogen-bond acceptors (Lipinski definition) is 9. The molecule has 0 radical (unpaired) electrons. The maximum atomic E-state index is 11.9. The van der Waals surface area contributed by atoms with Crippen molar-refractivity contribution in [3.8, 4) is 17.0 Å². The monoisotopic (exact) mass is 605 g/mol. The van der Waals surface area contributed by atoms with Crippen LogP contribution < -0.4 is 15.0 Å². The number of sulfone groups is 1. The van der Waals surface area contributed by atoms with Gasteiger partial charge in [-0.25, -0.2) is 18.1 Å². The Hall–Kier alpha value is -3.64. The summed E-state index contributed by atoms with van der Waals surface area (Å²) < 4.78 is 39.9. The molecule has 12 heteroatoms. The fraction of sp³-hybridized carbons (Fsp3) is 0.516. The van der Waals surface area contributed by atoms with Crippen molar-refractivity contribution in [3.05, 3.63) is 42.9 Å². The van der Waals surface area contributed by atoms with E-state index in [4.69, 9.17) is 19.6 Å². The molecule has 0 amide bonds. The summed E-state index contributed by atoms with van der Waals surface area (Å²) in [5.74, 6) is 1.48. The van der Waals surface area contributed by atoms with Crippen LogP contribution in [0.15, 0.2) is 42.9 Å². The molecule has 3 aromatic heterocycles. The molecule has 1 atom stereocenters. The molecule has 43 heavy (non-hydrogen) atoms. The predicted molar refractivity (Wildman–Crippen MR) is 167 cm³/mol. The normalized spacial score (nSPS) is 21.2. The van der Waals surface area contributed by atoms with Gasteiger partial charge in [-0.15, -0.1) is 0 Å². The van der Waals surface area contributed by atoms with Crippen LogP contribution in [-0.2, 0) is 14.6 Å². The molecule has 228 valence electrons. The fourth-order valence-electron chi connectivity index (χ4n) is 6.63. The average molecular weight is 606 g/mol. The highest BCUT2D eigenvalue weighted by atomic mass is 32.2. The van der Waals surface area contributed by atoms with Gasteiger partial charge in [0, 0.05) is 60.8 Å². The van der Waals surface area contributed by atoms with Crippen molar-refractivity contribution < 1.29 is 17.9 Å². The third-order valence-corrected chi connectivity index (χ3v) is 10.6. The maximum Gasteiger partial charge on any atom is 0.229 e. The predicted octanol–water partition coefficient (Wildman–Crippen LogP) is 5.49. The topological polar surface area (TPSA) is 116 Å². The van der Waals surface area contributed by atoms with E-state index in [1.807, 2.05) is 35.3 Å². The highest BCUT2D eigenvalue weighted by Gasteiger charge is 2.25. The van der Waals surface area contributed by atoms with Gasteiger partial charge in [-0.3, -0.25) is 0 Å². The minimum atomic E-state index is -2.95. The van der Waals surface area contributed by atoms with Crippen LogP contribution in [0.5, 0.6) is 5.75 Å². The van der Waals surface area contributed by atoms with Crippen LogP contribution in [0, 0.1) is 0 Å². The first kappa shape index (κ1) is 28.1. The van der Waals surface area contributed by atoms with E-state index in [1.165, 1.54) is 19.3 Å². The molecule has 7 rings (SSSR count). The molecule has 3 fully saturated rings. The van der Waals surface area contributed by atoms with E-state index in [-0.39, 0.29) is 17.7 Å². The summed E-state index contributed by atoms with van der Waals surface area (Å²) in [5.41, 5.74) is 4.77. The molecular formula is C31H39N7O4S. The number of benzene rings is 1. The van der Waals surface area contributed by atoms with E-state index in [1.54, 1.807) is 7.11 Å². The largest absolute Gasteiger partial charge is 0.494 e. The number of methoxy groups -OCH3 is 1. The molecule has 1 aromatic carbocycles. The number of rotatable bonds is 7. The van der Waals surface area contributed by atoms with Gasteiger partial charge in [0.25, 0.3) is 0 Å². The number of nitrogens with zero attached hydrogens (tertiary/aromatic N) is 6. The zero-order valence-corrected chi connectivity index (χ0v) is 25.4. The summed E-state index contributed by atoms with van der Waals surface area (Å²) in [6.07, 6.45) is 15.1. The number of anilines is 3. The molecule has 5 heterocycles. The van der Waals surface area contributed by atoms with Gasteiger partial charge in [-0.05, 0) is 50.3 Å². The van der Waals surface area contributed by atoms with Crippen LogP contribution in [0.2, 0.25) is 0 Å². The summed E-state index contributed by atoms with van der Waals surface area (Å²) in [7, 11) is -1.32. The van der Waals surface area contributed by atoms with Crippen LogP contribution in [0.3, 0.4) is 0 Å².